The molecule has 14 heteroatoms. The second kappa shape index (κ2) is 14.6. The molecule has 0 saturated carbocycles. The number of carbonyl (C=O) groups is 4. The number of carbonyl (C=O) groups excluding carboxylic acids is 4. The Morgan fingerprint density at radius 1 is 0.767 bits per heavy atom. The highest BCUT2D eigenvalue weighted by molar-refractivity contribution is 5.68. The largest absolute Gasteiger partial charge is 0.463 e. The van der Waals surface area contributed by atoms with Gasteiger partial charge in [-0.1, -0.05) is 37.3 Å². The van der Waals surface area contributed by atoms with Gasteiger partial charge >= 0.3 is 23.9 Å². The van der Waals surface area contributed by atoms with Crippen molar-refractivity contribution in [1.29, 1.82) is 0 Å². The average Bonchev–Trinajstić information content (AvgIpc) is 2.95. The molecule has 3 aliphatic heterocycles. The van der Waals surface area contributed by atoms with Gasteiger partial charge < -0.3 is 47.4 Å². The third-order valence-corrected chi connectivity index (χ3v) is 7.18. The number of benzene rings is 1. The van der Waals surface area contributed by atoms with Gasteiger partial charge in [-0.15, -0.1) is 0 Å². The highest BCUT2D eigenvalue weighted by Gasteiger charge is 2.56. The van der Waals surface area contributed by atoms with Crippen LogP contribution >= 0.6 is 0 Å². The maximum atomic E-state index is 12.3. The molecule has 3 aliphatic rings. The van der Waals surface area contributed by atoms with Crippen LogP contribution in [-0.4, -0.2) is 99.5 Å². The summed E-state index contributed by atoms with van der Waals surface area (Å²) in [5.74, 6) is -3.29. The topological polar surface area (TPSA) is 161 Å². The fraction of sp³-hybridized carbons (Fsp3) is 0.655. The summed E-state index contributed by atoms with van der Waals surface area (Å²) in [5, 5.41) is 0. The van der Waals surface area contributed by atoms with E-state index in [0.717, 1.165) is 26.3 Å². The monoisotopic (exact) mass is 610 g/mol. The number of esters is 4. The summed E-state index contributed by atoms with van der Waals surface area (Å²) in [5.41, 5.74) is 0.786. The van der Waals surface area contributed by atoms with E-state index in [0.29, 0.717) is 0 Å². The van der Waals surface area contributed by atoms with Crippen LogP contribution in [0.25, 0.3) is 0 Å². The Morgan fingerprint density at radius 2 is 1.40 bits per heavy atom. The molecule has 3 fully saturated rings. The van der Waals surface area contributed by atoms with E-state index in [4.69, 9.17) is 47.4 Å². The number of methoxy groups -OCH3 is 1. The van der Waals surface area contributed by atoms with E-state index >= 15 is 0 Å². The molecule has 3 saturated heterocycles. The molecule has 0 unspecified atom stereocenters. The van der Waals surface area contributed by atoms with Gasteiger partial charge in [0.05, 0.1) is 12.7 Å². The van der Waals surface area contributed by atoms with Gasteiger partial charge in [0.25, 0.3) is 0 Å². The lowest BCUT2D eigenvalue weighted by Crippen LogP contribution is -2.66. The second-order valence-electron chi connectivity index (χ2n) is 10.5. The Bertz CT molecular complexity index is 1130. The third-order valence-electron chi connectivity index (χ3n) is 7.18. The average molecular weight is 611 g/mol. The minimum Gasteiger partial charge on any atom is -0.463 e. The second-order valence-corrected chi connectivity index (χ2v) is 10.5. The maximum absolute atomic E-state index is 12.3. The summed E-state index contributed by atoms with van der Waals surface area (Å²) in [6, 6.07) is 9.33. The first-order chi connectivity index (χ1) is 20.5. The van der Waals surface area contributed by atoms with Crippen molar-refractivity contribution in [3.05, 3.63) is 35.9 Å². The van der Waals surface area contributed by atoms with E-state index in [9.17, 15) is 19.2 Å². The number of hydrogen-bond acceptors (Lipinski definition) is 14. The zero-order valence-electron chi connectivity index (χ0n) is 24.9. The van der Waals surface area contributed by atoms with Crippen LogP contribution in [0.4, 0.5) is 0 Å². The van der Waals surface area contributed by atoms with Crippen molar-refractivity contribution >= 4 is 23.9 Å². The summed E-state index contributed by atoms with van der Waals surface area (Å²) in [4.78, 5) is 48.2. The lowest BCUT2D eigenvalue weighted by Gasteiger charge is -2.50. The Hall–Kier alpha value is -3.14. The van der Waals surface area contributed by atoms with Crippen LogP contribution in [0, 0.1) is 5.92 Å². The van der Waals surface area contributed by atoms with Crippen molar-refractivity contribution in [2.24, 2.45) is 5.92 Å². The maximum Gasteiger partial charge on any atom is 0.303 e. The molecule has 238 valence electrons. The first-order valence-corrected chi connectivity index (χ1v) is 13.9. The molecular formula is C29H38O14. The fourth-order valence-corrected chi connectivity index (χ4v) is 5.41. The molecule has 1 aromatic rings. The van der Waals surface area contributed by atoms with Crippen molar-refractivity contribution in [2.75, 3.05) is 20.3 Å². The lowest BCUT2D eigenvalue weighted by molar-refractivity contribution is -0.383. The Labute approximate surface area is 249 Å². The normalized spacial score (nSPS) is 35.6. The highest BCUT2D eigenvalue weighted by Crippen LogP contribution is 2.40. The van der Waals surface area contributed by atoms with Gasteiger partial charge in [0.1, 0.15) is 24.9 Å². The van der Waals surface area contributed by atoms with Gasteiger partial charge in [0.2, 0.25) is 0 Å². The summed E-state index contributed by atoms with van der Waals surface area (Å²) in [6.07, 6.45) is -10.2. The predicted octanol–water partition coefficient (Wildman–Crippen LogP) is 1.58. The van der Waals surface area contributed by atoms with Crippen LogP contribution in [0.1, 0.15) is 46.5 Å². The Kier molecular flexibility index (Phi) is 11.1. The van der Waals surface area contributed by atoms with E-state index < -0.39 is 91.4 Å². The van der Waals surface area contributed by atoms with Gasteiger partial charge in [0, 0.05) is 46.3 Å². The standard InChI is InChI=1S/C29H38O14/c1-14-22(23-21(40-27(14)34-6)13-36-28(43-23)19-10-8-7-9-11-19)42-29-26(39-18(5)33)25(38-17(4)32)24(37-16(3)31)20(41-29)12-35-15(2)30/h7-11,14,20-29H,12-13H2,1-6H3/t14-,20+,21+,22-,23+,24+,25-,26+,27-,28+,29-/m0/s1. The quantitative estimate of drug-likeness (QED) is 0.293. The predicted molar refractivity (Wildman–Crippen MR) is 142 cm³/mol. The van der Waals surface area contributed by atoms with E-state index in [1.807, 2.05) is 37.3 Å². The van der Waals surface area contributed by atoms with E-state index in [1.54, 1.807) is 0 Å². The lowest BCUT2D eigenvalue weighted by atomic mass is 9.90. The van der Waals surface area contributed by atoms with Crippen LogP contribution in [0.3, 0.4) is 0 Å². The van der Waals surface area contributed by atoms with E-state index in [2.05, 4.69) is 0 Å². The summed E-state index contributed by atoms with van der Waals surface area (Å²) in [7, 11) is 1.49. The van der Waals surface area contributed by atoms with E-state index in [1.165, 1.54) is 14.0 Å². The van der Waals surface area contributed by atoms with Gasteiger partial charge in [-0.05, 0) is 0 Å². The molecule has 3 heterocycles. The van der Waals surface area contributed by atoms with Crippen molar-refractivity contribution in [3.8, 4) is 0 Å². The van der Waals surface area contributed by atoms with Crippen LogP contribution in [-0.2, 0) is 66.5 Å². The van der Waals surface area contributed by atoms with Crippen molar-refractivity contribution in [1.82, 2.24) is 0 Å². The van der Waals surface area contributed by atoms with Crippen molar-refractivity contribution < 1.29 is 66.5 Å². The van der Waals surface area contributed by atoms with E-state index in [-0.39, 0.29) is 13.2 Å². The first kappa shape index (κ1) is 32.8. The van der Waals surface area contributed by atoms with Crippen molar-refractivity contribution in [2.45, 2.75) is 96.2 Å². The van der Waals surface area contributed by atoms with Crippen LogP contribution in [0.2, 0.25) is 0 Å². The first-order valence-electron chi connectivity index (χ1n) is 13.9. The molecule has 0 aromatic heterocycles. The summed E-state index contributed by atoms with van der Waals surface area (Å²) in [6.45, 7) is 6.27. The van der Waals surface area contributed by atoms with Gasteiger partial charge in [0.15, 0.2) is 37.2 Å². The van der Waals surface area contributed by atoms with Crippen LogP contribution in [0.15, 0.2) is 30.3 Å². The zero-order valence-corrected chi connectivity index (χ0v) is 24.9. The zero-order chi connectivity index (χ0) is 31.3. The summed E-state index contributed by atoms with van der Waals surface area (Å²) >= 11 is 0. The Balaban J connectivity index is 1.69. The molecule has 0 amide bonds. The molecule has 4 rings (SSSR count). The summed E-state index contributed by atoms with van der Waals surface area (Å²) < 4.78 is 58.4. The van der Waals surface area contributed by atoms with Gasteiger partial charge in [-0.2, -0.15) is 0 Å². The molecule has 0 radical (unpaired) electrons. The number of fused-ring (bicyclic) bond motifs is 1. The molecule has 43 heavy (non-hydrogen) atoms. The molecule has 0 N–H and O–H groups in total. The smallest absolute Gasteiger partial charge is 0.303 e. The highest BCUT2D eigenvalue weighted by atomic mass is 16.8. The molecule has 1 aromatic carbocycles. The van der Waals surface area contributed by atoms with Gasteiger partial charge in [-0.3, -0.25) is 19.2 Å². The molecular weight excluding hydrogens is 572 g/mol. The molecule has 14 nitrogen and oxygen atoms in total. The number of ether oxygens (including phenoxy) is 10. The minimum absolute atomic E-state index is 0.162. The van der Waals surface area contributed by atoms with Crippen LogP contribution in [0.5, 0.6) is 0 Å². The Morgan fingerprint density at radius 3 is 2.00 bits per heavy atom. The molecule has 11 atom stereocenters. The minimum atomic E-state index is -1.40. The molecule has 0 spiro atoms. The van der Waals surface area contributed by atoms with Crippen LogP contribution < -0.4 is 0 Å². The number of rotatable bonds is 9. The molecule has 0 bridgehead atoms. The number of hydrogen-bond donors (Lipinski definition) is 0. The molecule has 0 aliphatic carbocycles. The third kappa shape index (κ3) is 8.08. The SMILES string of the molecule is CO[C@H]1O[C@@H]2CO[C@@H](c3ccccc3)O[C@H]2[C@@H](O[C@@H]2O[C@H](COC(C)=O)[C@@H](OC(C)=O)[C@H](OC(C)=O)[C@H]2OC(C)=O)[C@@H]1C. The van der Waals surface area contributed by atoms with Gasteiger partial charge in [-0.25, -0.2) is 0 Å². The fourth-order valence-electron chi connectivity index (χ4n) is 5.41. The van der Waals surface area contributed by atoms with Crippen molar-refractivity contribution in [3.63, 3.8) is 0 Å².